The van der Waals surface area contributed by atoms with Crippen molar-refractivity contribution in [2.75, 3.05) is 39.7 Å². The molecule has 0 fully saturated rings. The molecule has 0 saturated heterocycles. The normalized spacial score (nSPS) is 13.6. The minimum atomic E-state index is 0.738. The zero-order valence-electron chi connectivity index (χ0n) is 9.05. The highest BCUT2D eigenvalue weighted by molar-refractivity contribution is 6.17. The molecule has 80 valence electrons. The first-order valence-electron chi connectivity index (χ1n) is 4.94. The van der Waals surface area contributed by atoms with Crippen LogP contribution in [0.3, 0.4) is 0 Å². The minimum Gasteiger partial charge on any atom is -0.383 e. The molecular formula is C10H22ClNO. The summed E-state index contributed by atoms with van der Waals surface area (Å²) >= 11 is 5.66. The molecule has 1 unspecified atom stereocenters. The Morgan fingerprint density at radius 2 is 2.00 bits per heavy atom. The van der Waals surface area contributed by atoms with Crippen LogP contribution >= 0.6 is 11.6 Å². The van der Waals surface area contributed by atoms with Crippen LogP contribution in [0.15, 0.2) is 0 Å². The number of likely N-dealkylation sites (N-methyl/N-ethyl adjacent to an activating group) is 1. The van der Waals surface area contributed by atoms with Gasteiger partial charge in [-0.05, 0) is 32.4 Å². The largest absolute Gasteiger partial charge is 0.383 e. The van der Waals surface area contributed by atoms with Gasteiger partial charge in [-0.15, -0.1) is 11.6 Å². The highest BCUT2D eigenvalue weighted by atomic mass is 35.5. The van der Waals surface area contributed by atoms with Gasteiger partial charge in [0.1, 0.15) is 0 Å². The van der Waals surface area contributed by atoms with Crippen molar-refractivity contribution < 1.29 is 4.74 Å². The van der Waals surface area contributed by atoms with E-state index >= 15 is 0 Å². The lowest BCUT2D eigenvalue weighted by molar-refractivity contribution is 0.158. The number of hydrogen-bond acceptors (Lipinski definition) is 2. The molecule has 0 aromatic heterocycles. The molecule has 0 aliphatic heterocycles. The van der Waals surface area contributed by atoms with E-state index in [4.69, 9.17) is 16.3 Å². The maximum absolute atomic E-state index is 5.66. The number of ether oxygens (including phenoxy) is 1. The molecule has 0 heterocycles. The molecule has 0 aliphatic rings. The molecule has 13 heavy (non-hydrogen) atoms. The van der Waals surface area contributed by atoms with Crippen LogP contribution in [0.1, 0.15) is 19.8 Å². The van der Waals surface area contributed by atoms with Gasteiger partial charge in [0, 0.05) is 19.5 Å². The summed E-state index contributed by atoms with van der Waals surface area (Å²) in [6, 6.07) is 0. The SMILES string of the molecule is COCCN(C)CCC(C)CCCl. The van der Waals surface area contributed by atoms with Gasteiger partial charge in [0.15, 0.2) is 0 Å². The topological polar surface area (TPSA) is 12.5 Å². The van der Waals surface area contributed by atoms with Gasteiger partial charge < -0.3 is 9.64 Å². The number of halogens is 1. The summed E-state index contributed by atoms with van der Waals surface area (Å²) in [7, 11) is 3.87. The predicted molar refractivity (Wildman–Crippen MR) is 58.5 cm³/mol. The minimum absolute atomic E-state index is 0.738. The Bertz CT molecular complexity index is 111. The Hall–Kier alpha value is 0.210. The fraction of sp³-hybridized carbons (Fsp3) is 1.00. The van der Waals surface area contributed by atoms with Gasteiger partial charge in [-0.1, -0.05) is 6.92 Å². The van der Waals surface area contributed by atoms with Crippen LogP contribution in [0, 0.1) is 5.92 Å². The average Bonchev–Trinajstić information content (AvgIpc) is 2.12. The van der Waals surface area contributed by atoms with Gasteiger partial charge in [-0.25, -0.2) is 0 Å². The molecule has 0 amide bonds. The molecule has 1 atom stereocenters. The van der Waals surface area contributed by atoms with E-state index in [1.54, 1.807) is 7.11 Å². The standard InChI is InChI=1S/C10H22ClNO/c1-10(4-6-11)5-7-12(2)8-9-13-3/h10H,4-9H2,1-3H3. The lowest BCUT2D eigenvalue weighted by Crippen LogP contribution is -2.25. The maximum atomic E-state index is 5.66. The van der Waals surface area contributed by atoms with Crippen molar-refractivity contribution in [1.82, 2.24) is 4.90 Å². The van der Waals surface area contributed by atoms with E-state index in [2.05, 4.69) is 18.9 Å². The van der Waals surface area contributed by atoms with Crippen molar-refractivity contribution in [2.24, 2.45) is 5.92 Å². The molecule has 0 radical (unpaired) electrons. The van der Waals surface area contributed by atoms with E-state index in [1.807, 2.05) is 0 Å². The Labute approximate surface area is 87.2 Å². The number of methoxy groups -OCH3 is 1. The Morgan fingerprint density at radius 3 is 2.54 bits per heavy atom. The molecule has 3 heteroatoms. The molecule has 0 saturated carbocycles. The van der Waals surface area contributed by atoms with Crippen molar-refractivity contribution in [3.63, 3.8) is 0 Å². The number of alkyl halides is 1. The molecular weight excluding hydrogens is 186 g/mol. The summed E-state index contributed by atoms with van der Waals surface area (Å²) < 4.78 is 5.00. The first-order chi connectivity index (χ1) is 6.20. The predicted octanol–water partition coefficient (Wildman–Crippen LogP) is 2.22. The summed E-state index contributed by atoms with van der Waals surface area (Å²) in [5.74, 6) is 1.52. The van der Waals surface area contributed by atoms with Crippen LogP contribution in [-0.2, 0) is 4.74 Å². The lowest BCUT2D eigenvalue weighted by atomic mass is 10.1. The third-order valence-corrected chi connectivity index (χ3v) is 2.50. The zero-order chi connectivity index (χ0) is 10.1. The van der Waals surface area contributed by atoms with E-state index < -0.39 is 0 Å². The smallest absolute Gasteiger partial charge is 0.0589 e. The molecule has 0 spiro atoms. The fourth-order valence-electron chi connectivity index (χ4n) is 1.13. The van der Waals surface area contributed by atoms with Crippen LogP contribution < -0.4 is 0 Å². The van der Waals surface area contributed by atoms with Crippen LogP contribution in [-0.4, -0.2) is 44.6 Å². The van der Waals surface area contributed by atoms with Gasteiger partial charge in [-0.2, -0.15) is 0 Å². The van der Waals surface area contributed by atoms with Gasteiger partial charge >= 0.3 is 0 Å². The third kappa shape index (κ3) is 8.54. The highest BCUT2D eigenvalue weighted by Crippen LogP contribution is 2.08. The van der Waals surface area contributed by atoms with E-state index in [0.717, 1.165) is 37.9 Å². The lowest BCUT2D eigenvalue weighted by Gasteiger charge is -2.18. The van der Waals surface area contributed by atoms with Crippen LogP contribution in [0.4, 0.5) is 0 Å². The van der Waals surface area contributed by atoms with Crippen molar-refractivity contribution in [2.45, 2.75) is 19.8 Å². The maximum Gasteiger partial charge on any atom is 0.0589 e. The van der Waals surface area contributed by atoms with Crippen molar-refractivity contribution >= 4 is 11.6 Å². The van der Waals surface area contributed by atoms with Gasteiger partial charge in [0.2, 0.25) is 0 Å². The quantitative estimate of drug-likeness (QED) is 0.566. The van der Waals surface area contributed by atoms with E-state index in [9.17, 15) is 0 Å². The first-order valence-corrected chi connectivity index (χ1v) is 5.47. The van der Waals surface area contributed by atoms with Gasteiger partial charge in [0.25, 0.3) is 0 Å². The third-order valence-electron chi connectivity index (χ3n) is 2.28. The fourth-order valence-corrected chi connectivity index (χ4v) is 1.50. The first kappa shape index (κ1) is 13.2. The monoisotopic (exact) mass is 207 g/mol. The summed E-state index contributed by atoms with van der Waals surface area (Å²) in [5.41, 5.74) is 0. The Balaban J connectivity index is 3.29. The van der Waals surface area contributed by atoms with E-state index in [-0.39, 0.29) is 0 Å². The Kier molecular flexibility index (Phi) is 8.93. The second-order valence-corrected chi connectivity index (χ2v) is 4.05. The molecule has 0 aromatic rings. The summed E-state index contributed by atoms with van der Waals surface area (Å²) in [6.07, 6.45) is 2.35. The molecule has 0 aliphatic carbocycles. The zero-order valence-corrected chi connectivity index (χ0v) is 9.81. The van der Waals surface area contributed by atoms with Crippen LogP contribution in [0.5, 0.6) is 0 Å². The van der Waals surface area contributed by atoms with Crippen LogP contribution in [0.25, 0.3) is 0 Å². The second kappa shape index (κ2) is 8.79. The molecule has 0 bridgehead atoms. The summed E-state index contributed by atoms with van der Waals surface area (Å²) in [6.45, 7) is 5.23. The van der Waals surface area contributed by atoms with Crippen molar-refractivity contribution in [3.05, 3.63) is 0 Å². The van der Waals surface area contributed by atoms with Crippen molar-refractivity contribution in [1.29, 1.82) is 0 Å². The van der Waals surface area contributed by atoms with Gasteiger partial charge in [-0.3, -0.25) is 0 Å². The van der Waals surface area contributed by atoms with E-state index in [1.165, 1.54) is 6.42 Å². The summed E-state index contributed by atoms with van der Waals surface area (Å²) in [5, 5.41) is 0. The number of rotatable bonds is 8. The summed E-state index contributed by atoms with van der Waals surface area (Å²) in [4.78, 5) is 2.30. The Morgan fingerprint density at radius 1 is 1.31 bits per heavy atom. The van der Waals surface area contributed by atoms with E-state index in [0.29, 0.717) is 0 Å². The van der Waals surface area contributed by atoms with Crippen molar-refractivity contribution in [3.8, 4) is 0 Å². The van der Waals surface area contributed by atoms with Crippen LogP contribution in [0.2, 0.25) is 0 Å². The molecule has 0 aromatic carbocycles. The highest BCUT2D eigenvalue weighted by Gasteiger charge is 2.03. The number of nitrogens with zero attached hydrogens (tertiary/aromatic N) is 1. The molecule has 2 nitrogen and oxygen atoms in total. The second-order valence-electron chi connectivity index (χ2n) is 3.67. The molecule has 0 N–H and O–H groups in total. The molecule has 0 rings (SSSR count). The van der Waals surface area contributed by atoms with Gasteiger partial charge in [0.05, 0.1) is 6.61 Å². The average molecular weight is 208 g/mol. The number of hydrogen-bond donors (Lipinski definition) is 0.